The average Bonchev–Trinajstić information content (AvgIpc) is 3.26. The van der Waals surface area contributed by atoms with Crippen LogP contribution in [0, 0.1) is 23.7 Å². The zero-order valence-electron chi connectivity index (χ0n) is 39.3. The first kappa shape index (κ1) is 65.4. The van der Waals surface area contributed by atoms with E-state index in [1.165, 1.54) is 51.4 Å². The standard InChI is InChI=1S/C39H68N2O9.3C2H6S2/c1-30(38(47)48)18-16-17-27-40-36(44)26-25-33(39(49)50)28-34(42)32-23-21-31(22-24-32)29-41-35(43)19-14-12-10-8-6-4-2-3-5-7-9-11-13-15-20-37(45)46;3*1-3-4-2/h30-33H,2-29H2,1H3,(H,40,44)(H,41,43)(H,45,46)(H,47,48)(H,49,50);3*1-2H3/t30-,31?,32?,33+;;;/m0.../s1. The lowest BCUT2D eigenvalue weighted by molar-refractivity contribution is -0.145. The molecule has 5 N–H and O–H groups in total. The second-order valence-electron chi connectivity index (χ2n) is 15.7. The molecule has 0 radical (unpaired) electrons. The first-order valence-electron chi connectivity index (χ1n) is 22.7. The highest BCUT2D eigenvalue weighted by Crippen LogP contribution is 2.31. The first-order chi connectivity index (χ1) is 29.7. The van der Waals surface area contributed by atoms with Crippen molar-refractivity contribution in [2.75, 3.05) is 50.6 Å². The normalized spacial score (nSPS) is 15.2. The Bertz CT molecular complexity index is 1100. The summed E-state index contributed by atoms with van der Waals surface area (Å²) < 4.78 is 0. The Morgan fingerprint density at radius 2 is 0.919 bits per heavy atom. The van der Waals surface area contributed by atoms with Crippen molar-refractivity contribution >= 4 is 100 Å². The summed E-state index contributed by atoms with van der Waals surface area (Å²) in [6.45, 7) is 2.68. The minimum atomic E-state index is -1.06. The number of hydrogen-bond donors (Lipinski definition) is 5. The van der Waals surface area contributed by atoms with Crippen LogP contribution >= 0.6 is 64.8 Å². The van der Waals surface area contributed by atoms with Gasteiger partial charge >= 0.3 is 17.9 Å². The van der Waals surface area contributed by atoms with Crippen molar-refractivity contribution in [3.8, 4) is 0 Å². The number of carbonyl (C=O) groups is 6. The molecule has 62 heavy (non-hydrogen) atoms. The largest absolute Gasteiger partial charge is 0.481 e. The molecule has 1 aliphatic carbocycles. The number of hydrogen-bond acceptors (Lipinski definition) is 12. The summed E-state index contributed by atoms with van der Waals surface area (Å²) in [5.74, 6) is -3.96. The van der Waals surface area contributed by atoms with Gasteiger partial charge in [-0.05, 0) is 101 Å². The van der Waals surface area contributed by atoms with Crippen molar-refractivity contribution < 1.29 is 44.1 Å². The van der Waals surface area contributed by atoms with Crippen LogP contribution in [-0.4, -0.2) is 101 Å². The molecule has 0 saturated heterocycles. The van der Waals surface area contributed by atoms with Gasteiger partial charge in [0.1, 0.15) is 5.78 Å². The molecular formula is C45H86N2O9S6. The topological polar surface area (TPSA) is 187 Å². The third kappa shape index (κ3) is 47.1. The van der Waals surface area contributed by atoms with E-state index in [0.29, 0.717) is 64.0 Å². The number of carboxylic acid groups (broad SMARTS) is 3. The fraction of sp³-hybridized carbons (Fsp3) is 0.867. The van der Waals surface area contributed by atoms with Gasteiger partial charge in [-0.15, -0.1) is 0 Å². The van der Waals surface area contributed by atoms with Gasteiger partial charge in [-0.25, -0.2) is 0 Å². The fourth-order valence-corrected chi connectivity index (χ4v) is 6.76. The molecule has 0 heterocycles. The van der Waals surface area contributed by atoms with E-state index >= 15 is 0 Å². The van der Waals surface area contributed by atoms with Crippen LogP contribution < -0.4 is 10.6 Å². The van der Waals surface area contributed by atoms with Gasteiger partial charge in [-0.1, -0.05) is 155 Å². The summed E-state index contributed by atoms with van der Waals surface area (Å²) >= 11 is 0. The minimum absolute atomic E-state index is 0.0326. The van der Waals surface area contributed by atoms with Crippen LogP contribution in [0.25, 0.3) is 0 Å². The molecule has 0 unspecified atom stereocenters. The fourth-order valence-electron chi connectivity index (χ4n) is 6.76. The molecule has 2 amide bonds. The van der Waals surface area contributed by atoms with Crippen molar-refractivity contribution in [1.82, 2.24) is 10.6 Å². The van der Waals surface area contributed by atoms with Crippen LogP contribution in [0.15, 0.2) is 0 Å². The molecule has 0 bridgehead atoms. The number of carbonyl (C=O) groups excluding carboxylic acids is 3. The number of unbranched alkanes of at least 4 members (excludes halogenated alkanes) is 14. The van der Waals surface area contributed by atoms with E-state index in [4.69, 9.17) is 10.2 Å². The third-order valence-corrected chi connectivity index (χ3v) is 14.8. The van der Waals surface area contributed by atoms with E-state index in [9.17, 15) is 33.9 Å². The number of nitrogens with one attached hydrogen (secondary N) is 2. The Kier molecular flexibility index (Phi) is 52.3. The Morgan fingerprint density at radius 3 is 1.32 bits per heavy atom. The van der Waals surface area contributed by atoms with Gasteiger partial charge in [0, 0.05) is 44.7 Å². The zero-order chi connectivity index (χ0) is 47.2. The maximum absolute atomic E-state index is 12.9. The third-order valence-electron chi connectivity index (χ3n) is 10.8. The average molecular weight is 992 g/mol. The van der Waals surface area contributed by atoms with Crippen LogP contribution in [0.2, 0.25) is 0 Å². The Hall–Kier alpha value is -0.880. The van der Waals surface area contributed by atoms with Crippen molar-refractivity contribution in [2.45, 2.75) is 174 Å². The summed E-state index contributed by atoms with van der Waals surface area (Å²) in [6, 6.07) is 0. The molecule has 0 spiro atoms. The Balaban J connectivity index is -0.00000255. The zero-order valence-corrected chi connectivity index (χ0v) is 44.2. The van der Waals surface area contributed by atoms with Gasteiger partial charge in [0.25, 0.3) is 0 Å². The van der Waals surface area contributed by atoms with Crippen molar-refractivity contribution in [3.05, 3.63) is 0 Å². The van der Waals surface area contributed by atoms with Gasteiger partial charge < -0.3 is 26.0 Å². The highest BCUT2D eigenvalue weighted by Gasteiger charge is 2.30. The number of rotatable bonds is 35. The van der Waals surface area contributed by atoms with E-state index in [1.54, 1.807) is 71.7 Å². The van der Waals surface area contributed by atoms with Gasteiger partial charge in [0.05, 0.1) is 11.8 Å². The summed E-state index contributed by atoms with van der Waals surface area (Å²) in [6.07, 6.45) is 34.3. The summed E-state index contributed by atoms with van der Waals surface area (Å²) in [4.78, 5) is 70.6. The lowest BCUT2D eigenvalue weighted by atomic mass is 9.78. The van der Waals surface area contributed by atoms with Crippen LogP contribution in [-0.2, 0) is 28.8 Å². The molecule has 1 aliphatic rings. The van der Waals surface area contributed by atoms with Crippen LogP contribution in [0.1, 0.15) is 174 Å². The van der Waals surface area contributed by atoms with Crippen molar-refractivity contribution in [1.29, 1.82) is 0 Å². The number of carboxylic acids is 3. The van der Waals surface area contributed by atoms with Gasteiger partial charge in [0.2, 0.25) is 11.8 Å². The number of ketones is 1. The van der Waals surface area contributed by atoms with E-state index in [0.717, 1.165) is 51.4 Å². The number of aliphatic carboxylic acids is 3. The first-order valence-corrected chi connectivity index (χ1v) is 31.6. The smallest absolute Gasteiger partial charge is 0.306 e. The highest BCUT2D eigenvalue weighted by atomic mass is 33.1. The molecule has 1 fully saturated rings. The number of Topliss-reactive ketones (excluding diaryl/α,β-unsaturated/α-hetero) is 1. The summed E-state index contributed by atoms with van der Waals surface area (Å²) in [5.41, 5.74) is 0. The molecule has 0 aromatic heterocycles. The summed E-state index contributed by atoms with van der Waals surface area (Å²) in [5, 5.41) is 33.0. The monoisotopic (exact) mass is 990 g/mol. The molecule has 17 heteroatoms. The second-order valence-corrected chi connectivity index (χ2v) is 23.7. The molecule has 0 aromatic carbocycles. The summed E-state index contributed by atoms with van der Waals surface area (Å²) in [7, 11) is 10.6. The molecule has 2 atom stereocenters. The molecule has 1 saturated carbocycles. The highest BCUT2D eigenvalue weighted by molar-refractivity contribution is 8.76. The maximum Gasteiger partial charge on any atom is 0.306 e. The van der Waals surface area contributed by atoms with Gasteiger partial charge in [-0.2, -0.15) is 0 Å². The Labute approximate surface area is 400 Å². The number of amides is 2. The molecular weight excluding hydrogens is 905 g/mol. The second kappa shape index (κ2) is 49.6. The van der Waals surface area contributed by atoms with E-state index in [1.807, 2.05) is 0 Å². The lowest BCUT2D eigenvalue weighted by Crippen LogP contribution is -2.33. The van der Waals surface area contributed by atoms with E-state index in [-0.39, 0.29) is 42.8 Å². The quantitative estimate of drug-likeness (QED) is 0.0298. The van der Waals surface area contributed by atoms with Crippen LogP contribution in [0.3, 0.4) is 0 Å². The van der Waals surface area contributed by atoms with E-state index in [2.05, 4.69) is 48.2 Å². The minimum Gasteiger partial charge on any atom is -0.481 e. The molecule has 11 nitrogen and oxygen atoms in total. The molecule has 0 aliphatic heterocycles. The Morgan fingerprint density at radius 1 is 0.500 bits per heavy atom. The molecule has 366 valence electrons. The van der Waals surface area contributed by atoms with Crippen molar-refractivity contribution in [2.24, 2.45) is 23.7 Å². The van der Waals surface area contributed by atoms with Gasteiger partial charge in [-0.3, -0.25) is 28.8 Å². The SMILES string of the molecule is CSSC.CSSC.CSSC.C[C@@H](CCCCNC(=O)CC[C@H](CC(=O)C1CCC(CNC(=O)CCCCCCCCCCCCCCCCC(=O)O)CC1)C(=O)O)C(=O)O. The van der Waals surface area contributed by atoms with E-state index < -0.39 is 29.7 Å². The van der Waals surface area contributed by atoms with Crippen LogP contribution in [0.5, 0.6) is 0 Å². The lowest BCUT2D eigenvalue weighted by Gasteiger charge is -2.28. The molecule has 0 aromatic rings. The predicted octanol–water partition coefficient (Wildman–Crippen LogP) is 12.6. The maximum atomic E-state index is 12.9. The predicted molar refractivity (Wildman–Crippen MR) is 275 cm³/mol. The van der Waals surface area contributed by atoms with Crippen LogP contribution in [0.4, 0.5) is 0 Å². The molecule has 1 rings (SSSR count). The van der Waals surface area contributed by atoms with Crippen molar-refractivity contribution in [3.63, 3.8) is 0 Å². The van der Waals surface area contributed by atoms with Gasteiger partial charge in [0.15, 0.2) is 0 Å².